The van der Waals surface area contributed by atoms with E-state index in [9.17, 15) is 8.42 Å². The van der Waals surface area contributed by atoms with E-state index in [0.717, 1.165) is 30.4 Å². The van der Waals surface area contributed by atoms with Gasteiger partial charge in [-0.05, 0) is 37.0 Å². The molecule has 11 nitrogen and oxygen atoms in total. The van der Waals surface area contributed by atoms with Crippen LogP contribution in [-0.4, -0.2) is 49.2 Å². The fourth-order valence-corrected chi connectivity index (χ4v) is 5.38. The molecule has 0 amide bonds. The summed E-state index contributed by atoms with van der Waals surface area (Å²) in [6, 6.07) is 5.16. The maximum Gasteiger partial charge on any atom is 0.272 e. The zero-order chi connectivity index (χ0) is 23.7. The lowest BCUT2D eigenvalue weighted by molar-refractivity contribution is 0.320. The molecule has 0 saturated carbocycles. The number of rotatable bonds is 7. The van der Waals surface area contributed by atoms with E-state index in [2.05, 4.69) is 20.0 Å². The van der Waals surface area contributed by atoms with Crippen molar-refractivity contribution in [2.24, 2.45) is 0 Å². The zero-order valence-corrected chi connectivity index (χ0v) is 19.5. The normalized spacial score (nSPS) is 13.7. The zero-order valence-electron chi connectivity index (χ0n) is 18.6. The number of ether oxygens (including phenoxy) is 3. The molecular weight excluding hydrogens is 462 g/mol. The minimum absolute atomic E-state index is 0.0201. The summed E-state index contributed by atoms with van der Waals surface area (Å²) in [5, 5.41) is 8.78. The summed E-state index contributed by atoms with van der Waals surface area (Å²) in [5.74, 6) is 0.577. The lowest BCUT2D eigenvalue weighted by Crippen LogP contribution is -2.16. The number of pyridine rings is 1. The molecular formula is C22H23N5O6S. The first-order valence-electron chi connectivity index (χ1n) is 10.7. The molecule has 3 aromatic heterocycles. The SMILES string of the molecule is COc1ccnc(OC)c1S(=O)(=O)Nc1noc2cc(Cn3cccn3)c3c(c12)OCCCC3. The van der Waals surface area contributed by atoms with Crippen LogP contribution in [0.5, 0.6) is 17.4 Å². The van der Waals surface area contributed by atoms with Crippen molar-refractivity contribution >= 4 is 26.8 Å². The molecule has 0 aliphatic carbocycles. The van der Waals surface area contributed by atoms with Crippen LogP contribution in [0.1, 0.15) is 24.0 Å². The van der Waals surface area contributed by atoms with Gasteiger partial charge in [0.05, 0.1) is 27.4 Å². The third-order valence-corrected chi connectivity index (χ3v) is 7.00. The smallest absolute Gasteiger partial charge is 0.272 e. The maximum absolute atomic E-state index is 13.4. The Morgan fingerprint density at radius 1 is 1.21 bits per heavy atom. The van der Waals surface area contributed by atoms with Gasteiger partial charge in [-0.25, -0.2) is 13.4 Å². The topological polar surface area (TPSA) is 131 Å². The minimum Gasteiger partial charge on any atom is -0.495 e. The van der Waals surface area contributed by atoms with Crippen LogP contribution in [0.2, 0.25) is 0 Å². The fourth-order valence-electron chi connectivity index (χ4n) is 4.10. The summed E-state index contributed by atoms with van der Waals surface area (Å²) < 4.78 is 53.1. The molecule has 5 rings (SSSR count). The van der Waals surface area contributed by atoms with Crippen LogP contribution in [0.4, 0.5) is 5.82 Å². The second-order valence-electron chi connectivity index (χ2n) is 7.71. The second-order valence-corrected chi connectivity index (χ2v) is 9.33. The fraction of sp³-hybridized carbons (Fsp3) is 0.318. The van der Waals surface area contributed by atoms with Crippen molar-refractivity contribution in [3.8, 4) is 17.4 Å². The van der Waals surface area contributed by atoms with Gasteiger partial charge in [-0.3, -0.25) is 9.40 Å². The molecule has 1 aliphatic rings. The minimum atomic E-state index is -4.20. The lowest BCUT2D eigenvalue weighted by Gasteiger charge is -2.15. The maximum atomic E-state index is 13.4. The van der Waals surface area contributed by atoms with E-state index in [1.54, 1.807) is 6.20 Å². The van der Waals surface area contributed by atoms with Crippen LogP contribution in [0.3, 0.4) is 0 Å². The average molecular weight is 486 g/mol. The van der Waals surface area contributed by atoms with Gasteiger partial charge < -0.3 is 18.7 Å². The number of hydrogen-bond acceptors (Lipinski definition) is 9. The highest BCUT2D eigenvalue weighted by molar-refractivity contribution is 7.93. The quantitative estimate of drug-likeness (QED) is 0.420. The highest BCUT2D eigenvalue weighted by Crippen LogP contribution is 2.41. The number of methoxy groups -OCH3 is 2. The van der Waals surface area contributed by atoms with Crippen molar-refractivity contribution < 1.29 is 27.2 Å². The number of sulfonamides is 1. The number of nitrogens with one attached hydrogen (secondary N) is 1. The molecule has 0 atom stereocenters. The molecule has 1 aliphatic heterocycles. The van der Waals surface area contributed by atoms with E-state index in [0.29, 0.717) is 29.9 Å². The Labute approximate surface area is 195 Å². The van der Waals surface area contributed by atoms with E-state index >= 15 is 0 Å². The molecule has 0 bridgehead atoms. The molecule has 34 heavy (non-hydrogen) atoms. The highest BCUT2D eigenvalue weighted by Gasteiger charge is 2.30. The Bertz CT molecular complexity index is 1410. The van der Waals surface area contributed by atoms with E-state index in [4.69, 9.17) is 18.7 Å². The molecule has 0 spiro atoms. The summed E-state index contributed by atoms with van der Waals surface area (Å²) in [5.41, 5.74) is 2.38. The number of fused-ring (bicyclic) bond motifs is 3. The molecule has 0 radical (unpaired) electrons. The Morgan fingerprint density at radius 3 is 2.85 bits per heavy atom. The summed E-state index contributed by atoms with van der Waals surface area (Å²) >= 11 is 0. The van der Waals surface area contributed by atoms with Gasteiger partial charge >= 0.3 is 0 Å². The third kappa shape index (κ3) is 3.89. The Morgan fingerprint density at radius 2 is 2.09 bits per heavy atom. The van der Waals surface area contributed by atoms with Crippen molar-refractivity contribution in [1.82, 2.24) is 19.9 Å². The van der Waals surface area contributed by atoms with Gasteiger partial charge in [0, 0.05) is 30.2 Å². The monoisotopic (exact) mass is 485 g/mol. The average Bonchev–Trinajstić information content (AvgIpc) is 3.41. The number of hydrogen-bond donors (Lipinski definition) is 1. The number of aromatic nitrogens is 4. The molecule has 1 aromatic carbocycles. The predicted molar refractivity (Wildman–Crippen MR) is 122 cm³/mol. The van der Waals surface area contributed by atoms with E-state index < -0.39 is 10.0 Å². The lowest BCUT2D eigenvalue weighted by atomic mass is 9.99. The molecule has 0 fully saturated rings. The summed E-state index contributed by atoms with van der Waals surface area (Å²) in [4.78, 5) is 3.76. The van der Waals surface area contributed by atoms with Crippen LogP contribution in [0.15, 0.2) is 46.2 Å². The van der Waals surface area contributed by atoms with Gasteiger partial charge in [0.15, 0.2) is 16.3 Å². The van der Waals surface area contributed by atoms with Crippen molar-refractivity contribution in [3.05, 3.63) is 47.9 Å². The Kier molecular flexibility index (Phi) is 5.74. The summed E-state index contributed by atoms with van der Waals surface area (Å²) in [7, 11) is -1.50. The molecule has 0 saturated heterocycles. The van der Waals surface area contributed by atoms with Crippen LogP contribution < -0.4 is 18.9 Å². The van der Waals surface area contributed by atoms with E-state index in [-0.39, 0.29) is 22.3 Å². The molecule has 0 unspecified atom stereocenters. The van der Waals surface area contributed by atoms with Gasteiger partial charge in [0.25, 0.3) is 10.0 Å². The second kappa shape index (κ2) is 8.86. The van der Waals surface area contributed by atoms with Gasteiger partial charge in [0.2, 0.25) is 5.88 Å². The Hall–Kier alpha value is -3.80. The largest absolute Gasteiger partial charge is 0.495 e. The molecule has 12 heteroatoms. The van der Waals surface area contributed by atoms with Crippen LogP contribution in [0, 0.1) is 0 Å². The standard InChI is InChI=1S/C22H23N5O6S/c1-30-16-7-9-23-22(31-2)20(16)34(28,29)26-21-18-17(33-25-21)12-14(13-27-10-5-8-24-27)15-6-3-4-11-32-19(15)18/h5,7-10,12H,3-4,6,11,13H2,1-2H3,(H,25,26). The van der Waals surface area contributed by atoms with Crippen molar-refractivity contribution in [3.63, 3.8) is 0 Å². The van der Waals surface area contributed by atoms with Crippen molar-refractivity contribution in [2.45, 2.75) is 30.7 Å². The molecule has 178 valence electrons. The number of nitrogens with zero attached hydrogens (tertiary/aromatic N) is 4. The van der Waals surface area contributed by atoms with Gasteiger partial charge in [-0.2, -0.15) is 5.10 Å². The molecule has 1 N–H and O–H groups in total. The first-order chi connectivity index (χ1) is 16.5. The molecule has 4 aromatic rings. The predicted octanol–water partition coefficient (Wildman–Crippen LogP) is 3.00. The Balaban J connectivity index is 1.62. The highest BCUT2D eigenvalue weighted by atomic mass is 32.2. The number of anilines is 1. The van der Waals surface area contributed by atoms with Crippen LogP contribution in [-0.2, 0) is 23.0 Å². The number of benzene rings is 1. The van der Waals surface area contributed by atoms with E-state index in [1.165, 1.54) is 26.5 Å². The van der Waals surface area contributed by atoms with Gasteiger partial charge in [-0.1, -0.05) is 5.16 Å². The van der Waals surface area contributed by atoms with Gasteiger partial charge in [0.1, 0.15) is 16.9 Å². The summed E-state index contributed by atoms with van der Waals surface area (Å²) in [6.45, 7) is 1.04. The first kappa shape index (κ1) is 22.0. The van der Waals surface area contributed by atoms with Crippen molar-refractivity contribution in [2.75, 3.05) is 25.5 Å². The molecule has 4 heterocycles. The van der Waals surface area contributed by atoms with Crippen LogP contribution in [0.25, 0.3) is 11.0 Å². The van der Waals surface area contributed by atoms with E-state index in [1.807, 2.05) is 23.0 Å². The summed E-state index contributed by atoms with van der Waals surface area (Å²) in [6.07, 6.45) is 7.61. The third-order valence-electron chi connectivity index (χ3n) is 5.62. The van der Waals surface area contributed by atoms with Gasteiger partial charge in [-0.15, -0.1) is 0 Å². The van der Waals surface area contributed by atoms with Crippen LogP contribution >= 0.6 is 0 Å². The van der Waals surface area contributed by atoms with Crippen molar-refractivity contribution in [1.29, 1.82) is 0 Å². The first-order valence-corrected chi connectivity index (χ1v) is 12.1.